The number of carbonyl (C=O) groups excluding carboxylic acids is 1. The molecule has 35 heavy (non-hydrogen) atoms. The normalized spacial score (nSPS) is 11.9. The van der Waals surface area contributed by atoms with E-state index in [1.807, 2.05) is 87.6 Å². The van der Waals surface area contributed by atoms with Gasteiger partial charge in [-0.05, 0) is 56.2 Å². The summed E-state index contributed by atoms with van der Waals surface area (Å²) in [7, 11) is 0. The lowest BCUT2D eigenvalue weighted by Gasteiger charge is -2.19. The first-order valence-electron chi connectivity index (χ1n) is 11.8. The van der Waals surface area contributed by atoms with Gasteiger partial charge in [0.05, 0.1) is 11.0 Å². The number of para-hydroxylation sites is 1. The van der Waals surface area contributed by atoms with Crippen LogP contribution >= 0.6 is 0 Å². The number of amides is 1. The molecule has 5 rings (SSSR count). The molecule has 1 amide bonds. The molecule has 0 saturated heterocycles. The molecule has 2 N–H and O–H groups in total. The fraction of sp³-hybridized carbons (Fsp3) is 0.250. The quantitative estimate of drug-likeness (QED) is 0.259. The lowest BCUT2D eigenvalue weighted by molar-refractivity contribution is 0.0526. The van der Waals surface area contributed by atoms with Gasteiger partial charge in [0.15, 0.2) is 0 Å². The highest BCUT2D eigenvalue weighted by Crippen LogP contribution is 2.29. The van der Waals surface area contributed by atoms with Gasteiger partial charge in [0, 0.05) is 35.8 Å². The SMILES string of the molecule is CC(C)(C)OC(=O)NCCCn1cc(-c2nc3cc4ccccc4cc3[nH]c2=O)c2ccccc21. The number of fused-ring (bicyclic) bond motifs is 3. The van der Waals surface area contributed by atoms with Crippen molar-refractivity contribution in [3.63, 3.8) is 0 Å². The molecule has 0 radical (unpaired) electrons. The Balaban J connectivity index is 1.45. The van der Waals surface area contributed by atoms with E-state index >= 15 is 0 Å². The van der Waals surface area contributed by atoms with Gasteiger partial charge >= 0.3 is 6.09 Å². The molecule has 0 aliphatic heterocycles. The zero-order valence-electron chi connectivity index (χ0n) is 20.1. The van der Waals surface area contributed by atoms with Crippen molar-refractivity contribution in [2.45, 2.75) is 39.3 Å². The van der Waals surface area contributed by atoms with E-state index in [1.165, 1.54) is 0 Å². The number of hydrogen-bond donors (Lipinski definition) is 2. The largest absolute Gasteiger partial charge is 0.444 e. The summed E-state index contributed by atoms with van der Waals surface area (Å²) in [4.78, 5) is 32.8. The van der Waals surface area contributed by atoms with Crippen molar-refractivity contribution in [1.29, 1.82) is 0 Å². The maximum absolute atomic E-state index is 13.1. The highest BCUT2D eigenvalue weighted by atomic mass is 16.6. The molecule has 5 aromatic rings. The molecule has 0 spiro atoms. The molecule has 178 valence electrons. The van der Waals surface area contributed by atoms with Crippen LogP contribution in [0.5, 0.6) is 0 Å². The molecule has 0 aliphatic rings. The minimum absolute atomic E-state index is 0.220. The Bertz CT molecular complexity index is 1610. The van der Waals surface area contributed by atoms with Gasteiger partial charge in [0.2, 0.25) is 0 Å². The molecule has 2 heterocycles. The molecular weight excluding hydrogens is 440 g/mol. The van der Waals surface area contributed by atoms with Crippen LogP contribution in [-0.2, 0) is 11.3 Å². The number of nitrogens with zero attached hydrogens (tertiary/aromatic N) is 2. The van der Waals surface area contributed by atoms with Crippen molar-refractivity contribution in [2.75, 3.05) is 6.54 Å². The van der Waals surface area contributed by atoms with Crippen LogP contribution in [0.3, 0.4) is 0 Å². The van der Waals surface area contributed by atoms with Crippen LogP contribution in [0.4, 0.5) is 4.79 Å². The number of rotatable bonds is 5. The molecule has 2 aromatic heterocycles. The average molecular weight is 469 g/mol. The number of hydrogen-bond acceptors (Lipinski definition) is 4. The average Bonchev–Trinajstić information content (AvgIpc) is 3.17. The lowest BCUT2D eigenvalue weighted by atomic mass is 10.1. The first-order valence-corrected chi connectivity index (χ1v) is 11.8. The Morgan fingerprint density at radius 1 is 1.06 bits per heavy atom. The third-order valence-corrected chi connectivity index (χ3v) is 5.85. The number of nitrogens with one attached hydrogen (secondary N) is 2. The monoisotopic (exact) mass is 468 g/mol. The van der Waals surface area contributed by atoms with E-state index in [2.05, 4.69) is 14.9 Å². The maximum Gasteiger partial charge on any atom is 0.407 e. The highest BCUT2D eigenvalue weighted by Gasteiger charge is 2.17. The zero-order chi connectivity index (χ0) is 24.6. The van der Waals surface area contributed by atoms with Gasteiger partial charge in [-0.15, -0.1) is 0 Å². The molecule has 7 heteroatoms. The van der Waals surface area contributed by atoms with Crippen molar-refractivity contribution in [3.8, 4) is 11.3 Å². The number of H-pyrrole nitrogens is 1. The van der Waals surface area contributed by atoms with Gasteiger partial charge in [-0.1, -0.05) is 42.5 Å². The fourth-order valence-corrected chi connectivity index (χ4v) is 4.33. The Kier molecular flexibility index (Phi) is 5.76. The second kappa shape index (κ2) is 8.91. The van der Waals surface area contributed by atoms with Gasteiger partial charge < -0.3 is 19.6 Å². The molecule has 0 unspecified atom stereocenters. The van der Waals surface area contributed by atoms with Crippen LogP contribution in [0.25, 0.3) is 44.0 Å². The van der Waals surface area contributed by atoms with Crippen molar-refractivity contribution in [3.05, 3.63) is 77.2 Å². The number of aryl methyl sites for hydroxylation is 1. The predicted octanol–water partition coefficient (Wildman–Crippen LogP) is 5.61. The Labute approximate surface area is 202 Å². The number of aromatic nitrogens is 3. The predicted molar refractivity (Wildman–Crippen MR) is 140 cm³/mol. The van der Waals surface area contributed by atoms with Crippen LogP contribution in [0, 0.1) is 0 Å². The van der Waals surface area contributed by atoms with E-state index in [0.29, 0.717) is 25.2 Å². The summed E-state index contributed by atoms with van der Waals surface area (Å²) in [5.41, 5.74) is 2.92. The number of carbonyl (C=O) groups is 1. The summed E-state index contributed by atoms with van der Waals surface area (Å²) in [6, 6.07) is 20.0. The van der Waals surface area contributed by atoms with Gasteiger partial charge in [-0.25, -0.2) is 9.78 Å². The summed E-state index contributed by atoms with van der Waals surface area (Å²) >= 11 is 0. The van der Waals surface area contributed by atoms with E-state index in [9.17, 15) is 9.59 Å². The smallest absolute Gasteiger partial charge is 0.407 e. The van der Waals surface area contributed by atoms with Crippen molar-refractivity contribution >= 4 is 38.8 Å². The van der Waals surface area contributed by atoms with E-state index in [4.69, 9.17) is 9.72 Å². The molecule has 7 nitrogen and oxygen atoms in total. The molecule has 0 aliphatic carbocycles. The van der Waals surface area contributed by atoms with E-state index in [1.54, 1.807) is 0 Å². The van der Waals surface area contributed by atoms with Gasteiger partial charge in [-0.3, -0.25) is 4.79 Å². The van der Waals surface area contributed by atoms with Gasteiger partial charge in [0.1, 0.15) is 11.3 Å². The molecule has 0 bridgehead atoms. The second-order valence-electron chi connectivity index (χ2n) is 9.67. The summed E-state index contributed by atoms with van der Waals surface area (Å²) < 4.78 is 7.40. The second-order valence-corrected chi connectivity index (χ2v) is 9.67. The summed E-state index contributed by atoms with van der Waals surface area (Å²) in [6.07, 6.45) is 2.27. The Morgan fingerprint density at radius 2 is 1.77 bits per heavy atom. The van der Waals surface area contributed by atoms with E-state index < -0.39 is 11.7 Å². The molecule has 0 atom stereocenters. The molecule has 0 fully saturated rings. The van der Waals surface area contributed by atoms with Gasteiger partial charge in [0.25, 0.3) is 5.56 Å². The number of ether oxygens (including phenoxy) is 1. The van der Waals surface area contributed by atoms with Crippen molar-refractivity contribution in [2.24, 2.45) is 0 Å². The molecular formula is C28H28N4O3. The van der Waals surface area contributed by atoms with Crippen LogP contribution < -0.4 is 10.9 Å². The van der Waals surface area contributed by atoms with Gasteiger partial charge in [-0.2, -0.15) is 0 Å². The standard InChI is InChI=1S/C28H28N4O3/c1-28(2,3)35-27(34)29-13-8-14-32-17-21(20-11-6-7-12-24(20)32)25-26(33)31-23-16-19-10-5-4-9-18(19)15-22(23)30-25/h4-7,9-12,15-17H,8,13-14H2,1-3H3,(H,29,34)(H,31,33). The molecule has 0 saturated carbocycles. The first kappa shape index (κ1) is 22.7. The first-order chi connectivity index (χ1) is 16.8. The van der Waals surface area contributed by atoms with Crippen LogP contribution in [0.1, 0.15) is 27.2 Å². The van der Waals surface area contributed by atoms with Crippen LogP contribution in [-0.4, -0.2) is 32.8 Å². The third-order valence-electron chi connectivity index (χ3n) is 5.85. The minimum atomic E-state index is -0.526. The van der Waals surface area contributed by atoms with Crippen molar-refractivity contribution < 1.29 is 9.53 Å². The summed E-state index contributed by atoms with van der Waals surface area (Å²) in [5, 5.41) is 5.89. The van der Waals surface area contributed by atoms with E-state index in [-0.39, 0.29) is 5.56 Å². The van der Waals surface area contributed by atoms with Crippen molar-refractivity contribution in [1.82, 2.24) is 19.9 Å². The third kappa shape index (κ3) is 4.75. The van der Waals surface area contributed by atoms with Crippen LogP contribution in [0.15, 0.2) is 71.7 Å². The summed E-state index contributed by atoms with van der Waals surface area (Å²) in [5.74, 6) is 0. The Hall–Kier alpha value is -4.13. The molecule has 3 aromatic carbocycles. The maximum atomic E-state index is 13.1. The van der Waals surface area contributed by atoms with E-state index in [0.717, 1.165) is 38.3 Å². The topological polar surface area (TPSA) is 89.0 Å². The number of alkyl carbamates (subject to hydrolysis) is 1. The highest BCUT2D eigenvalue weighted by molar-refractivity contribution is 5.98. The zero-order valence-corrected chi connectivity index (χ0v) is 20.1. The lowest BCUT2D eigenvalue weighted by Crippen LogP contribution is -2.33. The number of aromatic amines is 1. The minimum Gasteiger partial charge on any atom is -0.444 e. The number of benzene rings is 3. The van der Waals surface area contributed by atoms with Crippen LogP contribution in [0.2, 0.25) is 0 Å². The Morgan fingerprint density at radius 3 is 2.54 bits per heavy atom. The summed E-state index contributed by atoms with van der Waals surface area (Å²) in [6.45, 7) is 6.67. The fourth-order valence-electron chi connectivity index (χ4n) is 4.33.